The van der Waals surface area contributed by atoms with Crippen LogP contribution < -0.4 is 11.1 Å². The van der Waals surface area contributed by atoms with Gasteiger partial charge in [-0.3, -0.25) is 4.79 Å². The molecule has 4 nitrogen and oxygen atoms in total. The molecule has 1 aliphatic heterocycles. The van der Waals surface area contributed by atoms with Gasteiger partial charge in [0.05, 0.1) is 18.8 Å². The van der Waals surface area contributed by atoms with Crippen LogP contribution in [0.4, 0.5) is 0 Å². The van der Waals surface area contributed by atoms with E-state index in [4.69, 9.17) is 20.6 Å². The Kier molecular flexibility index (Phi) is 1.61. The van der Waals surface area contributed by atoms with E-state index in [2.05, 4.69) is 0 Å². The zero-order valence-electron chi connectivity index (χ0n) is 15.2. The molecule has 2 heterocycles. The highest BCUT2D eigenvalue weighted by Crippen LogP contribution is 2.36. The normalized spacial score (nSPS) is 26.8. The summed E-state index contributed by atoms with van der Waals surface area (Å²) < 4.78 is 53.7. The van der Waals surface area contributed by atoms with Crippen molar-refractivity contribution in [3.63, 3.8) is 0 Å². The Balaban J connectivity index is 2.55. The SMILES string of the molecule is [2H]c1oc(B2OC(C)(C)C(C)(C)O2)c([2H])c(=O)c1C([2H])([2H])[2H]. The number of hydrogen-bond acceptors (Lipinski definition) is 4. The van der Waals surface area contributed by atoms with Crippen LogP contribution in [0.15, 0.2) is 21.5 Å². The Morgan fingerprint density at radius 3 is 2.41 bits per heavy atom. The predicted octanol–water partition coefficient (Wildman–Crippen LogP) is 1.25. The smallest absolute Gasteiger partial charge is 0.472 e. The fraction of sp³-hybridized carbons (Fsp3) is 0.583. The summed E-state index contributed by atoms with van der Waals surface area (Å²) in [5.74, 6) is 0. The van der Waals surface area contributed by atoms with Crippen molar-refractivity contribution in [2.45, 2.75) is 45.7 Å². The largest absolute Gasteiger partial charge is 0.532 e. The van der Waals surface area contributed by atoms with E-state index >= 15 is 0 Å². The molecule has 0 spiro atoms. The maximum Gasteiger partial charge on any atom is 0.532 e. The molecule has 0 amide bonds. The minimum atomic E-state index is -2.82. The lowest BCUT2D eigenvalue weighted by Crippen LogP contribution is -2.41. The molecule has 0 atom stereocenters. The van der Waals surface area contributed by atoms with E-state index < -0.39 is 48.4 Å². The molecular weight excluding hydrogens is 219 g/mol. The van der Waals surface area contributed by atoms with Crippen LogP contribution in [0.5, 0.6) is 0 Å². The zero-order chi connectivity index (χ0) is 17.1. The van der Waals surface area contributed by atoms with Crippen molar-refractivity contribution in [1.29, 1.82) is 0 Å². The van der Waals surface area contributed by atoms with Crippen molar-refractivity contribution in [2.24, 2.45) is 0 Å². The first-order valence-electron chi connectivity index (χ1n) is 7.78. The standard InChI is InChI=1S/C12H17BO4/c1-8-7-15-10(6-9(8)14)13-16-11(2,3)12(4,5)17-13/h6-7H,1-5H3/i1D3,6D,7D. The maximum atomic E-state index is 12.1. The van der Waals surface area contributed by atoms with Gasteiger partial charge in [-0.1, -0.05) is 0 Å². The molecule has 1 saturated heterocycles. The molecule has 0 bridgehead atoms. The number of rotatable bonds is 1. The summed E-state index contributed by atoms with van der Waals surface area (Å²) in [6.45, 7) is 4.32. The van der Waals surface area contributed by atoms with E-state index in [1.165, 1.54) is 0 Å². The Labute approximate surface area is 108 Å². The van der Waals surface area contributed by atoms with Gasteiger partial charge in [-0.25, -0.2) is 0 Å². The zero-order valence-corrected chi connectivity index (χ0v) is 10.2. The minimum Gasteiger partial charge on any atom is -0.472 e. The van der Waals surface area contributed by atoms with Crippen molar-refractivity contribution >= 4 is 12.8 Å². The maximum absolute atomic E-state index is 12.1. The topological polar surface area (TPSA) is 48.7 Å². The molecule has 1 fully saturated rings. The van der Waals surface area contributed by atoms with Gasteiger partial charge in [0.15, 0.2) is 5.43 Å². The van der Waals surface area contributed by atoms with Gasteiger partial charge in [0.25, 0.3) is 0 Å². The summed E-state index contributed by atoms with van der Waals surface area (Å²) in [6, 6.07) is -0.666. The predicted molar refractivity (Wildman–Crippen MR) is 65.4 cm³/mol. The highest BCUT2D eigenvalue weighted by Gasteiger charge is 2.53. The molecule has 5 heteroatoms. The van der Waals surface area contributed by atoms with Crippen molar-refractivity contribution in [3.05, 3.63) is 28.1 Å². The van der Waals surface area contributed by atoms with E-state index in [-0.39, 0.29) is 5.66 Å². The van der Waals surface area contributed by atoms with Crippen LogP contribution in [0.25, 0.3) is 0 Å². The quantitative estimate of drug-likeness (QED) is 0.694. The first kappa shape index (κ1) is 7.39. The van der Waals surface area contributed by atoms with Crippen LogP contribution in [0, 0.1) is 6.85 Å². The molecule has 0 saturated carbocycles. The third-order valence-corrected chi connectivity index (χ3v) is 3.19. The van der Waals surface area contributed by atoms with Crippen LogP contribution in [-0.2, 0) is 9.31 Å². The fourth-order valence-electron chi connectivity index (χ4n) is 1.41. The van der Waals surface area contributed by atoms with Gasteiger partial charge in [0.2, 0.25) is 0 Å². The van der Waals surface area contributed by atoms with Gasteiger partial charge in [0, 0.05) is 15.7 Å². The summed E-state index contributed by atoms with van der Waals surface area (Å²) in [4.78, 5) is 12.1. The molecule has 2 rings (SSSR count). The van der Waals surface area contributed by atoms with Crippen molar-refractivity contribution in [3.8, 4) is 0 Å². The third-order valence-electron chi connectivity index (χ3n) is 3.19. The first-order valence-corrected chi connectivity index (χ1v) is 5.28. The highest BCUT2D eigenvalue weighted by atomic mass is 16.7. The average Bonchev–Trinajstić information content (AvgIpc) is 2.51. The summed E-state index contributed by atoms with van der Waals surface area (Å²) in [7, 11) is -1.14. The summed E-state index contributed by atoms with van der Waals surface area (Å²) in [6.07, 6.45) is -0.800. The molecule has 0 unspecified atom stereocenters. The van der Waals surface area contributed by atoms with Gasteiger partial charge in [-0.15, -0.1) is 0 Å². The van der Waals surface area contributed by atoms with Crippen LogP contribution in [0.2, 0.25) is 0 Å². The Hall–Kier alpha value is -1.07. The molecule has 1 aromatic rings. The van der Waals surface area contributed by atoms with Gasteiger partial charge >= 0.3 is 7.12 Å². The lowest BCUT2D eigenvalue weighted by atomic mass is 9.85. The van der Waals surface area contributed by atoms with Gasteiger partial charge in [0.1, 0.15) is 7.03 Å². The van der Waals surface area contributed by atoms with Gasteiger partial charge in [-0.2, -0.15) is 0 Å². The molecule has 0 N–H and O–H groups in total. The van der Waals surface area contributed by atoms with E-state index in [1.807, 2.05) is 0 Å². The van der Waals surface area contributed by atoms with E-state index in [9.17, 15) is 4.79 Å². The molecule has 0 aliphatic carbocycles. The van der Waals surface area contributed by atoms with Crippen LogP contribution in [0.3, 0.4) is 0 Å². The minimum absolute atomic E-state index is 0.290. The summed E-state index contributed by atoms with van der Waals surface area (Å²) in [5, 5.41) is 0. The summed E-state index contributed by atoms with van der Waals surface area (Å²) in [5.41, 5.74) is -3.60. The summed E-state index contributed by atoms with van der Waals surface area (Å²) >= 11 is 0. The Morgan fingerprint density at radius 2 is 1.88 bits per heavy atom. The lowest BCUT2D eigenvalue weighted by molar-refractivity contribution is 0.00578. The van der Waals surface area contributed by atoms with Crippen LogP contribution in [0.1, 0.15) is 40.1 Å². The van der Waals surface area contributed by atoms with Crippen LogP contribution in [-0.4, -0.2) is 18.3 Å². The van der Waals surface area contributed by atoms with E-state index in [0.717, 1.165) is 0 Å². The monoisotopic (exact) mass is 241 g/mol. The third kappa shape index (κ3) is 2.05. The molecule has 0 radical (unpaired) electrons. The second-order valence-corrected chi connectivity index (χ2v) is 4.99. The van der Waals surface area contributed by atoms with Crippen molar-refractivity contribution in [1.82, 2.24) is 0 Å². The van der Waals surface area contributed by atoms with Gasteiger partial charge < -0.3 is 13.7 Å². The van der Waals surface area contributed by atoms with E-state index in [1.54, 1.807) is 27.7 Å². The first-order chi connectivity index (χ1) is 9.78. The Bertz CT molecular complexity index is 649. The van der Waals surface area contributed by atoms with Crippen LogP contribution >= 0.6 is 0 Å². The molecule has 1 aliphatic rings. The number of hydrogen-bond donors (Lipinski definition) is 0. The molecule has 0 aromatic carbocycles. The molecular formula is C12H17BO4. The van der Waals surface area contributed by atoms with Crippen molar-refractivity contribution in [2.75, 3.05) is 0 Å². The lowest BCUT2D eigenvalue weighted by Gasteiger charge is -2.32. The molecule has 92 valence electrons. The Morgan fingerprint density at radius 1 is 1.29 bits per heavy atom. The van der Waals surface area contributed by atoms with E-state index in [0.29, 0.717) is 0 Å². The molecule has 17 heavy (non-hydrogen) atoms. The second kappa shape index (κ2) is 3.72. The van der Waals surface area contributed by atoms with Crippen molar-refractivity contribution < 1.29 is 20.6 Å². The fourth-order valence-corrected chi connectivity index (χ4v) is 1.41. The highest BCUT2D eigenvalue weighted by molar-refractivity contribution is 6.60. The molecule has 1 aromatic heterocycles. The second-order valence-electron chi connectivity index (χ2n) is 4.99. The average molecular weight is 241 g/mol. The van der Waals surface area contributed by atoms with Gasteiger partial charge in [-0.05, 0) is 34.5 Å².